The van der Waals surface area contributed by atoms with Gasteiger partial charge in [0, 0.05) is 5.56 Å². The van der Waals surface area contributed by atoms with E-state index in [-0.39, 0.29) is 16.8 Å². The highest BCUT2D eigenvalue weighted by atomic mass is 19.1. The van der Waals surface area contributed by atoms with Gasteiger partial charge < -0.3 is 15.2 Å². The summed E-state index contributed by atoms with van der Waals surface area (Å²) in [5, 5.41) is 11.2. The third-order valence-corrected chi connectivity index (χ3v) is 4.09. The van der Waals surface area contributed by atoms with E-state index >= 15 is 0 Å². The summed E-state index contributed by atoms with van der Waals surface area (Å²) >= 11 is 0. The van der Waals surface area contributed by atoms with Crippen LogP contribution in [0.15, 0.2) is 60.7 Å². The van der Waals surface area contributed by atoms with Crippen LogP contribution in [0.3, 0.4) is 0 Å². The van der Waals surface area contributed by atoms with Gasteiger partial charge in [0.1, 0.15) is 17.4 Å². The van der Waals surface area contributed by atoms with Crippen molar-refractivity contribution in [2.75, 3.05) is 12.4 Å². The van der Waals surface area contributed by atoms with E-state index in [1.54, 1.807) is 24.3 Å². The second-order valence-electron chi connectivity index (χ2n) is 5.84. The van der Waals surface area contributed by atoms with Crippen molar-refractivity contribution < 1.29 is 28.2 Å². The molecule has 0 saturated heterocycles. The molecule has 0 heterocycles. The Morgan fingerprint density at radius 3 is 2.39 bits per heavy atom. The first-order valence-electron chi connectivity index (χ1n) is 8.18. The Morgan fingerprint density at radius 1 is 0.964 bits per heavy atom. The molecule has 0 aromatic heterocycles. The Morgan fingerprint density at radius 2 is 1.71 bits per heavy atom. The zero-order chi connectivity index (χ0) is 20.3. The second kappa shape index (κ2) is 7.87. The number of hydrogen-bond donors (Lipinski definition) is 2. The molecule has 0 saturated carbocycles. The van der Waals surface area contributed by atoms with Crippen molar-refractivity contribution in [2.24, 2.45) is 0 Å². The van der Waals surface area contributed by atoms with Crippen LogP contribution in [0.25, 0.3) is 11.1 Å². The first-order valence-corrected chi connectivity index (χ1v) is 8.18. The molecule has 0 aliphatic heterocycles. The van der Waals surface area contributed by atoms with E-state index in [1.807, 2.05) is 0 Å². The minimum absolute atomic E-state index is 0.0220. The number of carboxylic acid groups (broad SMARTS) is 1. The number of hydrogen-bond acceptors (Lipinski definition) is 3. The number of carbonyl (C=O) groups excluding carboxylic acids is 1. The molecule has 0 radical (unpaired) electrons. The maximum Gasteiger partial charge on any atom is 0.335 e. The number of halogens is 2. The minimum atomic E-state index is -1.29. The number of nitrogens with one attached hydrogen (secondary N) is 1. The fourth-order valence-corrected chi connectivity index (χ4v) is 2.75. The molecule has 142 valence electrons. The van der Waals surface area contributed by atoms with E-state index in [9.17, 15) is 18.4 Å². The lowest BCUT2D eigenvalue weighted by Gasteiger charge is -2.14. The number of methoxy groups -OCH3 is 1. The van der Waals surface area contributed by atoms with Gasteiger partial charge in [0.05, 0.1) is 23.9 Å². The molecule has 0 fully saturated rings. The number of carbonyl (C=O) groups is 2. The molecule has 0 aliphatic rings. The van der Waals surface area contributed by atoms with Gasteiger partial charge in [-0.15, -0.1) is 0 Å². The maximum atomic E-state index is 14.1. The summed E-state index contributed by atoms with van der Waals surface area (Å²) in [6.07, 6.45) is 0. The molecular formula is C21H15F2NO4. The van der Waals surface area contributed by atoms with E-state index < -0.39 is 23.5 Å². The monoisotopic (exact) mass is 383 g/mol. The largest absolute Gasteiger partial charge is 0.496 e. The lowest BCUT2D eigenvalue weighted by molar-refractivity contribution is 0.0696. The maximum absolute atomic E-state index is 14.1. The molecular weight excluding hydrogens is 368 g/mol. The van der Waals surface area contributed by atoms with Crippen molar-refractivity contribution in [1.29, 1.82) is 0 Å². The predicted molar refractivity (Wildman–Crippen MR) is 99.7 cm³/mol. The number of anilines is 1. The van der Waals surface area contributed by atoms with Gasteiger partial charge in [-0.2, -0.15) is 0 Å². The van der Waals surface area contributed by atoms with Crippen LogP contribution < -0.4 is 10.1 Å². The molecule has 0 bridgehead atoms. The van der Waals surface area contributed by atoms with Crippen molar-refractivity contribution >= 4 is 17.6 Å². The zero-order valence-corrected chi connectivity index (χ0v) is 14.7. The Balaban J connectivity index is 2.01. The summed E-state index contributed by atoms with van der Waals surface area (Å²) in [4.78, 5) is 23.6. The summed E-state index contributed by atoms with van der Waals surface area (Å²) < 4.78 is 33.2. The van der Waals surface area contributed by atoms with Crippen LogP contribution >= 0.6 is 0 Å². The van der Waals surface area contributed by atoms with Crippen molar-refractivity contribution in [3.63, 3.8) is 0 Å². The van der Waals surface area contributed by atoms with Crippen LogP contribution in [0.5, 0.6) is 5.75 Å². The lowest BCUT2D eigenvalue weighted by atomic mass is 9.98. The molecule has 3 aromatic rings. The topological polar surface area (TPSA) is 75.6 Å². The van der Waals surface area contributed by atoms with Gasteiger partial charge >= 0.3 is 5.97 Å². The highest BCUT2D eigenvalue weighted by molar-refractivity contribution is 6.09. The van der Waals surface area contributed by atoms with Crippen LogP contribution in [-0.4, -0.2) is 24.1 Å². The van der Waals surface area contributed by atoms with Crippen molar-refractivity contribution in [3.05, 3.63) is 83.4 Å². The quantitative estimate of drug-likeness (QED) is 0.676. The van der Waals surface area contributed by atoms with Gasteiger partial charge in [-0.25, -0.2) is 13.6 Å². The molecule has 1 amide bonds. The number of amides is 1. The third-order valence-electron chi connectivity index (χ3n) is 4.09. The van der Waals surface area contributed by atoms with Crippen LogP contribution in [-0.2, 0) is 0 Å². The molecule has 2 N–H and O–H groups in total. The summed E-state index contributed by atoms with van der Waals surface area (Å²) in [5.41, 5.74) is 0.475. The summed E-state index contributed by atoms with van der Waals surface area (Å²) in [5.74, 6) is -3.10. The predicted octanol–water partition coefficient (Wildman–Crippen LogP) is 4.59. The van der Waals surface area contributed by atoms with Gasteiger partial charge in [0.2, 0.25) is 0 Å². The number of ether oxygens (including phenoxy) is 1. The molecule has 7 heteroatoms. The Kier molecular flexibility index (Phi) is 5.35. The fourth-order valence-electron chi connectivity index (χ4n) is 2.75. The van der Waals surface area contributed by atoms with E-state index in [4.69, 9.17) is 9.84 Å². The Labute approximate surface area is 159 Å². The van der Waals surface area contributed by atoms with Crippen LogP contribution in [0.2, 0.25) is 0 Å². The molecule has 3 rings (SSSR count). The van der Waals surface area contributed by atoms with Crippen molar-refractivity contribution in [3.8, 4) is 16.9 Å². The Hall–Kier alpha value is -3.74. The zero-order valence-electron chi connectivity index (χ0n) is 14.7. The molecule has 3 aromatic carbocycles. The van der Waals surface area contributed by atoms with Gasteiger partial charge in [0.25, 0.3) is 5.91 Å². The molecule has 28 heavy (non-hydrogen) atoms. The summed E-state index contributed by atoms with van der Waals surface area (Å²) in [6, 6.07) is 13.7. The number of rotatable bonds is 5. The summed E-state index contributed by atoms with van der Waals surface area (Å²) in [7, 11) is 1.47. The normalized spacial score (nSPS) is 10.4. The number of para-hydroxylation sites is 1. The van der Waals surface area contributed by atoms with E-state index in [0.717, 1.165) is 24.3 Å². The van der Waals surface area contributed by atoms with Gasteiger partial charge in [-0.3, -0.25) is 4.79 Å². The number of benzene rings is 3. The molecule has 0 aliphatic carbocycles. The van der Waals surface area contributed by atoms with Crippen molar-refractivity contribution in [2.45, 2.75) is 0 Å². The highest BCUT2D eigenvalue weighted by Gasteiger charge is 2.18. The average Bonchev–Trinajstić information content (AvgIpc) is 2.69. The second-order valence-corrected chi connectivity index (χ2v) is 5.84. The number of aromatic carboxylic acids is 1. The molecule has 5 nitrogen and oxygen atoms in total. The van der Waals surface area contributed by atoms with E-state index in [1.165, 1.54) is 19.2 Å². The molecule has 0 unspecified atom stereocenters. The lowest BCUT2D eigenvalue weighted by Crippen LogP contribution is -2.15. The van der Waals surface area contributed by atoms with Gasteiger partial charge in [-0.1, -0.05) is 24.3 Å². The highest BCUT2D eigenvalue weighted by Crippen LogP contribution is 2.33. The standard InChI is InChI=1S/C21H15F2NO4/c1-28-19-5-3-2-4-15(19)14-8-7-13(22)11-16(14)20(25)24-18-9-6-12(21(26)27)10-17(18)23/h2-11H,1H3,(H,24,25)(H,26,27). The smallest absolute Gasteiger partial charge is 0.335 e. The van der Waals surface area contributed by atoms with E-state index in [0.29, 0.717) is 16.9 Å². The first-order chi connectivity index (χ1) is 13.4. The van der Waals surface area contributed by atoms with Gasteiger partial charge in [-0.05, 0) is 42.0 Å². The summed E-state index contributed by atoms with van der Waals surface area (Å²) in [6.45, 7) is 0. The SMILES string of the molecule is COc1ccccc1-c1ccc(F)cc1C(=O)Nc1ccc(C(=O)O)cc1F. The Bertz CT molecular complexity index is 1070. The van der Waals surface area contributed by atoms with E-state index in [2.05, 4.69) is 5.32 Å². The number of carboxylic acids is 1. The average molecular weight is 383 g/mol. The van der Waals surface area contributed by atoms with Crippen LogP contribution in [0, 0.1) is 11.6 Å². The molecule has 0 spiro atoms. The van der Waals surface area contributed by atoms with Crippen molar-refractivity contribution in [1.82, 2.24) is 0 Å². The molecule has 0 atom stereocenters. The minimum Gasteiger partial charge on any atom is -0.496 e. The van der Waals surface area contributed by atoms with Crippen LogP contribution in [0.1, 0.15) is 20.7 Å². The third kappa shape index (κ3) is 3.83. The first kappa shape index (κ1) is 19.0. The van der Waals surface area contributed by atoms with Crippen LogP contribution in [0.4, 0.5) is 14.5 Å². The fraction of sp³-hybridized carbons (Fsp3) is 0.0476. The van der Waals surface area contributed by atoms with Gasteiger partial charge in [0.15, 0.2) is 0 Å².